The molecule has 4 aliphatic rings. The third kappa shape index (κ3) is 6.67. The maximum Gasteiger partial charge on any atom is 0.222 e. The molecule has 196 valence electrons. The number of carbonyl (C=O) groups excluding carboxylic acids is 1. The van der Waals surface area contributed by atoms with Gasteiger partial charge >= 0.3 is 0 Å². The first-order valence-electron chi connectivity index (χ1n) is 13.4. The lowest BCUT2D eigenvalue weighted by Crippen LogP contribution is -2.39. The fourth-order valence-electron chi connectivity index (χ4n) is 5.74. The Morgan fingerprint density at radius 3 is 2.47 bits per heavy atom. The molecule has 7 heteroatoms. The summed E-state index contributed by atoms with van der Waals surface area (Å²) in [4.78, 5) is 15.1. The van der Waals surface area contributed by atoms with Crippen molar-refractivity contribution in [1.82, 2.24) is 15.5 Å². The summed E-state index contributed by atoms with van der Waals surface area (Å²) < 4.78 is 2.15. The van der Waals surface area contributed by atoms with Gasteiger partial charge in [-0.15, -0.1) is 0 Å². The SMILES string of the molecule is CCC.O=C(CC1CCNCC1)N1CCC(=C2c3c(Br)cc(Cl)cc3CCC3=CC(Br)=CNC32)CC1. The number of amides is 1. The van der Waals surface area contributed by atoms with E-state index in [2.05, 4.69) is 79.6 Å². The third-order valence-corrected chi connectivity index (χ3v) is 8.78. The maximum atomic E-state index is 13.0. The van der Waals surface area contributed by atoms with E-state index in [1.807, 2.05) is 6.07 Å². The van der Waals surface area contributed by atoms with Crippen LogP contribution in [0.2, 0.25) is 5.02 Å². The molecular weight excluding hydrogens is 602 g/mol. The molecule has 1 aromatic rings. The average Bonchev–Trinajstić information content (AvgIpc) is 3.02. The van der Waals surface area contributed by atoms with E-state index < -0.39 is 0 Å². The first-order chi connectivity index (χ1) is 17.4. The van der Waals surface area contributed by atoms with E-state index in [-0.39, 0.29) is 6.04 Å². The molecule has 0 aromatic heterocycles. The molecule has 2 N–H and O–H groups in total. The molecule has 2 fully saturated rings. The molecule has 4 nitrogen and oxygen atoms in total. The van der Waals surface area contributed by atoms with Crippen LogP contribution in [-0.2, 0) is 11.2 Å². The van der Waals surface area contributed by atoms with Crippen molar-refractivity contribution in [3.8, 4) is 0 Å². The summed E-state index contributed by atoms with van der Waals surface area (Å²) in [6.45, 7) is 7.96. The fourth-order valence-corrected chi connectivity index (χ4v) is 7.26. The zero-order chi connectivity index (χ0) is 25.7. The summed E-state index contributed by atoms with van der Waals surface area (Å²) in [5.74, 6) is 0.876. The van der Waals surface area contributed by atoms with Gasteiger partial charge in [-0.05, 0) is 114 Å². The van der Waals surface area contributed by atoms with Crippen LogP contribution in [0.1, 0.15) is 69.9 Å². The number of nitrogens with one attached hydrogen (secondary N) is 2. The Morgan fingerprint density at radius 1 is 1.08 bits per heavy atom. The number of fused-ring (bicyclic) bond motifs is 2. The minimum absolute atomic E-state index is 0.164. The highest BCUT2D eigenvalue weighted by Gasteiger charge is 2.33. The highest BCUT2D eigenvalue weighted by molar-refractivity contribution is 9.12. The second-order valence-electron chi connectivity index (χ2n) is 10.3. The van der Waals surface area contributed by atoms with E-state index in [9.17, 15) is 4.79 Å². The third-order valence-electron chi connectivity index (χ3n) is 7.48. The van der Waals surface area contributed by atoms with Crippen molar-refractivity contribution in [2.45, 2.75) is 71.3 Å². The highest BCUT2D eigenvalue weighted by atomic mass is 79.9. The monoisotopic (exact) mass is 637 g/mol. The van der Waals surface area contributed by atoms with Crippen LogP contribution in [0, 0.1) is 5.92 Å². The van der Waals surface area contributed by atoms with Gasteiger partial charge in [0.15, 0.2) is 0 Å². The predicted molar refractivity (Wildman–Crippen MR) is 158 cm³/mol. The lowest BCUT2D eigenvalue weighted by atomic mass is 9.84. The van der Waals surface area contributed by atoms with Gasteiger partial charge in [-0.2, -0.15) is 0 Å². The predicted octanol–water partition coefficient (Wildman–Crippen LogP) is 7.37. The van der Waals surface area contributed by atoms with Crippen LogP contribution in [0.25, 0.3) is 5.57 Å². The van der Waals surface area contributed by atoms with Gasteiger partial charge < -0.3 is 15.5 Å². The van der Waals surface area contributed by atoms with Crippen LogP contribution < -0.4 is 10.6 Å². The molecular formula is C29H38Br2ClN3O. The van der Waals surface area contributed by atoms with E-state index in [1.165, 1.54) is 34.3 Å². The van der Waals surface area contributed by atoms with Gasteiger partial charge in [-0.1, -0.05) is 53.4 Å². The number of aryl methyl sites for hydroxylation is 1. The Hall–Kier alpha value is -1.08. The molecule has 1 unspecified atom stereocenters. The molecule has 0 radical (unpaired) electrons. The molecule has 1 aliphatic carbocycles. The first-order valence-corrected chi connectivity index (χ1v) is 15.4. The Kier molecular flexibility index (Phi) is 10.2. The lowest BCUT2D eigenvalue weighted by Gasteiger charge is -2.34. The number of hydrogen-bond donors (Lipinski definition) is 2. The van der Waals surface area contributed by atoms with Crippen molar-refractivity contribution < 1.29 is 4.79 Å². The minimum Gasteiger partial charge on any atom is -0.379 e. The van der Waals surface area contributed by atoms with E-state index in [1.54, 1.807) is 0 Å². The normalized spacial score (nSPS) is 22.2. The molecule has 1 amide bonds. The Morgan fingerprint density at radius 2 is 1.78 bits per heavy atom. The van der Waals surface area contributed by atoms with E-state index >= 15 is 0 Å². The summed E-state index contributed by atoms with van der Waals surface area (Å²) in [6.07, 6.45) is 12.3. The average molecular weight is 640 g/mol. The maximum absolute atomic E-state index is 13.0. The molecule has 5 rings (SSSR count). The van der Waals surface area contributed by atoms with Crippen molar-refractivity contribution in [2.24, 2.45) is 5.92 Å². The molecule has 0 bridgehead atoms. The summed E-state index contributed by atoms with van der Waals surface area (Å²) in [5.41, 5.74) is 6.82. The van der Waals surface area contributed by atoms with Crippen molar-refractivity contribution >= 4 is 54.9 Å². The summed E-state index contributed by atoms with van der Waals surface area (Å²) in [6, 6.07) is 4.30. The van der Waals surface area contributed by atoms with Crippen molar-refractivity contribution in [2.75, 3.05) is 26.2 Å². The Bertz CT molecular complexity index is 1050. The van der Waals surface area contributed by atoms with Crippen LogP contribution >= 0.6 is 43.5 Å². The van der Waals surface area contributed by atoms with Crippen LogP contribution in [0.15, 0.2) is 44.5 Å². The van der Waals surface area contributed by atoms with Gasteiger partial charge in [0.1, 0.15) is 0 Å². The lowest BCUT2D eigenvalue weighted by molar-refractivity contribution is -0.132. The van der Waals surface area contributed by atoms with Gasteiger partial charge in [0.05, 0.1) is 6.04 Å². The second kappa shape index (κ2) is 13.1. The van der Waals surface area contributed by atoms with E-state index in [0.717, 1.165) is 78.7 Å². The largest absolute Gasteiger partial charge is 0.379 e. The zero-order valence-electron chi connectivity index (χ0n) is 21.4. The fraction of sp³-hybridized carbons (Fsp3) is 0.552. The number of dihydropyridines is 1. The number of piperidine rings is 2. The van der Waals surface area contributed by atoms with Crippen LogP contribution in [0.5, 0.6) is 0 Å². The molecule has 0 saturated carbocycles. The van der Waals surface area contributed by atoms with Crippen molar-refractivity contribution in [3.05, 3.63) is 60.7 Å². The zero-order valence-corrected chi connectivity index (χ0v) is 25.4. The number of carbonyl (C=O) groups is 1. The van der Waals surface area contributed by atoms with Gasteiger partial charge in [-0.25, -0.2) is 0 Å². The standard InChI is InChI=1S/C26H30Br2ClN3O.C3H8/c27-20-12-19-2-1-18-13-21(29)14-22(28)24(18)25(26(19)31-15-20)17-5-9-32(10-6-17)23(33)11-16-3-7-30-8-4-16;1-3-2/h12-16,26,30-31H,1-11H2;3H2,1-2H3. The molecule has 36 heavy (non-hydrogen) atoms. The van der Waals surface area contributed by atoms with Gasteiger partial charge in [0.25, 0.3) is 0 Å². The molecule has 1 aromatic carbocycles. The highest BCUT2D eigenvalue weighted by Crippen LogP contribution is 2.43. The molecule has 3 heterocycles. The summed E-state index contributed by atoms with van der Waals surface area (Å²) in [7, 11) is 0. The summed E-state index contributed by atoms with van der Waals surface area (Å²) >= 11 is 13.9. The Labute approximate surface area is 238 Å². The van der Waals surface area contributed by atoms with Gasteiger partial charge in [-0.3, -0.25) is 4.79 Å². The van der Waals surface area contributed by atoms with Crippen LogP contribution in [0.3, 0.4) is 0 Å². The topological polar surface area (TPSA) is 44.4 Å². The summed E-state index contributed by atoms with van der Waals surface area (Å²) in [5, 5.41) is 7.82. The number of allylic oxidation sites excluding steroid dienone is 2. The smallest absolute Gasteiger partial charge is 0.222 e. The number of nitrogens with zero attached hydrogens (tertiary/aromatic N) is 1. The quantitative estimate of drug-likeness (QED) is 0.356. The molecule has 2 saturated heterocycles. The van der Waals surface area contributed by atoms with Gasteiger partial charge in [0.2, 0.25) is 5.91 Å². The number of rotatable bonds is 2. The van der Waals surface area contributed by atoms with Gasteiger partial charge in [0, 0.05) is 39.7 Å². The number of halogens is 3. The second-order valence-corrected chi connectivity index (χ2v) is 12.5. The Balaban J connectivity index is 0.000000967. The van der Waals surface area contributed by atoms with Crippen molar-refractivity contribution in [1.29, 1.82) is 0 Å². The molecule has 1 atom stereocenters. The minimum atomic E-state index is 0.164. The van der Waals surface area contributed by atoms with E-state index in [0.29, 0.717) is 18.2 Å². The van der Waals surface area contributed by atoms with E-state index in [4.69, 9.17) is 11.6 Å². The number of likely N-dealkylation sites (tertiary alicyclic amines) is 1. The first kappa shape index (κ1) is 27.9. The molecule has 0 spiro atoms. The molecule has 3 aliphatic heterocycles. The van der Waals surface area contributed by atoms with Crippen LogP contribution in [-0.4, -0.2) is 43.0 Å². The van der Waals surface area contributed by atoms with Crippen LogP contribution in [0.4, 0.5) is 0 Å². The number of benzene rings is 1. The number of hydrogen-bond acceptors (Lipinski definition) is 3. The van der Waals surface area contributed by atoms with Crippen molar-refractivity contribution in [3.63, 3.8) is 0 Å².